The van der Waals surface area contributed by atoms with Crippen molar-refractivity contribution in [3.8, 4) is 0 Å². The molecule has 0 aliphatic heterocycles. The first-order valence-corrected chi connectivity index (χ1v) is 8.76. The van der Waals surface area contributed by atoms with Crippen molar-refractivity contribution in [3.05, 3.63) is 29.8 Å². The van der Waals surface area contributed by atoms with Crippen molar-refractivity contribution in [3.63, 3.8) is 0 Å². The lowest BCUT2D eigenvalue weighted by atomic mass is 9.78. The van der Waals surface area contributed by atoms with Crippen LogP contribution in [-0.4, -0.2) is 11.8 Å². The zero-order chi connectivity index (χ0) is 16.2. The van der Waals surface area contributed by atoms with Crippen LogP contribution in [0.3, 0.4) is 0 Å². The van der Waals surface area contributed by atoms with Crippen LogP contribution in [0.15, 0.2) is 24.3 Å². The van der Waals surface area contributed by atoms with Crippen LogP contribution >= 0.6 is 0 Å². The van der Waals surface area contributed by atoms with Gasteiger partial charge in [0.25, 0.3) is 0 Å². The minimum absolute atomic E-state index is 0.0171. The topological polar surface area (TPSA) is 72.2 Å². The molecule has 122 valence electrons. The van der Waals surface area contributed by atoms with Gasteiger partial charge in [0.1, 0.15) is 0 Å². The molecule has 0 radical (unpaired) electrons. The summed E-state index contributed by atoms with van der Waals surface area (Å²) in [5, 5.41) is 3.02. The molecule has 4 nitrogen and oxygen atoms in total. The van der Waals surface area contributed by atoms with Gasteiger partial charge in [-0.1, -0.05) is 19.1 Å². The molecular formula is C19H24N2O2. The fourth-order valence-corrected chi connectivity index (χ4v) is 5.44. The first-order valence-electron chi connectivity index (χ1n) is 8.76. The van der Waals surface area contributed by atoms with Crippen molar-refractivity contribution < 1.29 is 9.59 Å². The van der Waals surface area contributed by atoms with Gasteiger partial charge in [-0.15, -0.1) is 0 Å². The highest BCUT2D eigenvalue weighted by Crippen LogP contribution is 2.74. The van der Waals surface area contributed by atoms with E-state index in [2.05, 4.69) is 12.2 Å². The average Bonchev–Trinajstić information content (AvgIpc) is 3.21. The van der Waals surface area contributed by atoms with E-state index >= 15 is 0 Å². The van der Waals surface area contributed by atoms with E-state index in [-0.39, 0.29) is 29.1 Å². The maximum atomic E-state index is 12.9. The summed E-state index contributed by atoms with van der Waals surface area (Å²) in [4.78, 5) is 24.9. The highest BCUT2D eigenvalue weighted by molar-refractivity contribution is 5.97. The van der Waals surface area contributed by atoms with Gasteiger partial charge in [0.2, 0.25) is 11.8 Å². The Bertz CT molecular complexity index is 648. The standard InChI is InChI=1S/C19H24N2O2/c1-2-11-3-5-12(6-4-11)21-18(23)16-14-8-7-13(15(16)17(20)22)19(14)9-10-19/h3-6,13-16H,2,7-10H2,1H3,(H2,20,22)(H,21,23). The van der Waals surface area contributed by atoms with Gasteiger partial charge in [-0.3, -0.25) is 9.59 Å². The lowest BCUT2D eigenvalue weighted by Crippen LogP contribution is -2.40. The van der Waals surface area contributed by atoms with Gasteiger partial charge in [-0.05, 0) is 67.1 Å². The SMILES string of the molecule is CCc1ccc(NC(=O)C2C(C(N)=O)C3CCC2C32CC2)cc1. The van der Waals surface area contributed by atoms with E-state index in [9.17, 15) is 9.59 Å². The minimum Gasteiger partial charge on any atom is -0.369 e. The summed E-state index contributed by atoms with van der Waals surface area (Å²) in [6.07, 6.45) is 5.45. The van der Waals surface area contributed by atoms with Crippen LogP contribution < -0.4 is 11.1 Å². The van der Waals surface area contributed by atoms with Crippen molar-refractivity contribution in [1.82, 2.24) is 0 Å². The molecule has 4 heteroatoms. The molecule has 0 aromatic heterocycles. The number of nitrogens with one attached hydrogen (secondary N) is 1. The van der Waals surface area contributed by atoms with E-state index in [1.807, 2.05) is 24.3 Å². The molecular weight excluding hydrogens is 288 g/mol. The molecule has 3 saturated carbocycles. The predicted molar refractivity (Wildman–Crippen MR) is 88.5 cm³/mol. The van der Waals surface area contributed by atoms with Gasteiger partial charge in [0, 0.05) is 5.69 Å². The second-order valence-electron chi connectivity index (χ2n) is 7.52. The van der Waals surface area contributed by atoms with Gasteiger partial charge in [-0.25, -0.2) is 0 Å². The Balaban J connectivity index is 1.56. The van der Waals surface area contributed by atoms with Crippen molar-refractivity contribution in [1.29, 1.82) is 0 Å². The van der Waals surface area contributed by atoms with Crippen LogP contribution in [-0.2, 0) is 16.0 Å². The first kappa shape index (κ1) is 14.7. The number of benzene rings is 1. The summed E-state index contributed by atoms with van der Waals surface area (Å²) in [5.74, 6) is -0.129. The van der Waals surface area contributed by atoms with E-state index in [1.54, 1.807) is 0 Å². The third-order valence-electron chi connectivity index (χ3n) is 6.61. The van der Waals surface area contributed by atoms with Gasteiger partial charge in [0.15, 0.2) is 0 Å². The Kier molecular flexibility index (Phi) is 3.26. The summed E-state index contributed by atoms with van der Waals surface area (Å²) < 4.78 is 0. The number of amides is 2. The summed E-state index contributed by atoms with van der Waals surface area (Å²) in [6.45, 7) is 2.11. The molecule has 0 heterocycles. The molecule has 0 saturated heterocycles. The normalized spacial score (nSPS) is 32.9. The van der Waals surface area contributed by atoms with Crippen LogP contribution in [0.25, 0.3) is 0 Å². The van der Waals surface area contributed by atoms with E-state index in [0.717, 1.165) is 24.9 Å². The molecule has 3 fully saturated rings. The molecule has 3 aliphatic carbocycles. The smallest absolute Gasteiger partial charge is 0.228 e. The molecule has 4 unspecified atom stereocenters. The fourth-order valence-electron chi connectivity index (χ4n) is 5.44. The van der Waals surface area contributed by atoms with Gasteiger partial charge in [-0.2, -0.15) is 0 Å². The maximum absolute atomic E-state index is 12.9. The average molecular weight is 312 g/mol. The Hall–Kier alpha value is -1.84. The zero-order valence-corrected chi connectivity index (χ0v) is 13.5. The second-order valence-corrected chi connectivity index (χ2v) is 7.52. The molecule has 1 aromatic carbocycles. The third kappa shape index (κ3) is 2.11. The van der Waals surface area contributed by atoms with Crippen molar-refractivity contribution in [2.75, 3.05) is 5.32 Å². The number of primary amides is 1. The van der Waals surface area contributed by atoms with Crippen LogP contribution in [0, 0.1) is 29.1 Å². The van der Waals surface area contributed by atoms with Crippen molar-refractivity contribution in [2.24, 2.45) is 34.8 Å². The summed E-state index contributed by atoms with van der Waals surface area (Å²) in [7, 11) is 0. The number of hydrogen-bond acceptors (Lipinski definition) is 2. The number of hydrogen-bond donors (Lipinski definition) is 2. The summed E-state index contributed by atoms with van der Waals surface area (Å²) in [6, 6.07) is 7.95. The van der Waals surface area contributed by atoms with Crippen LogP contribution in [0.2, 0.25) is 0 Å². The number of anilines is 1. The van der Waals surface area contributed by atoms with Crippen LogP contribution in [0.1, 0.15) is 38.2 Å². The summed E-state index contributed by atoms with van der Waals surface area (Å²) >= 11 is 0. The van der Waals surface area contributed by atoms with E-state index in [1.165, 1.54) is 18.4 Å². The second kappa shape index (κ2) is 5.08. The molecule has 2 amide bonds. The van der Waals surface area contributed by atoms with Gasteiger partial charge >= 0.3 is 0 Å². The molecule has 2 bridgehead atoms. The molecule has 3 aliphatic rings. The number of carbonyl (C=O) groups excluding carboxylic acids is 2. The molecule has 1 spiro atoms. The third-order valence-corrected chi connectivity index (χ3v) is 6.61. The predicted octanol–water partition coefficient (Wildman–Crippen LogP) is 2.73. The lowest BCUT2D eigenvalue weighted by molar-refractivity contribution is -0.132. The number of aryl methyl sites for hydroxylation is 1. The highest BCUT2D eigenvalue weighted by Gasteiger charge is 2.71. The fraction of sp³-hybridized carbons (Fsp3) is 0.579. The largest absolute Gasteiger partial charge is 0.369 e. The quantitative estimate of drug-likeness (QED) is 0.897. The Morgan fingerprint density at radius 2 is 1.74 bits per heavy atom. The van der Waals surface area contributed by atoms with Gasteiger partial charge < -0.3 is 11.1 Å². The van der Waals surface area contributed by atoms with Crippen molar-refractivity contribution >= 4 is 17.5 Å². The Morgan fingerprint density at radius 1 is 1.13 bits per heavy atom. The molecule has 1 aromatic rings. The first-order chi connectivity index (χ1) is 11.1. The lowest BCUT2D eigenvalue weighted by Gasteiger charge is -2.27. The molecule has 23 heavy (non-hydrogen) atoms. The Labute approximate surface area is 136 Å². The zero-order valence-electron chi connectivity index (χ0n) is 13.5. The molecule has 4 rings (SSSR count). The van der Waals surface area contributed by atoms with E-state index in [0.29, 0.717) is 11.8 Å². The van der Waals surface area contributed by atoms with Crippen molar-refractivity contribution in [2.45, 2.75) is 39.0 Å². The molecule has 4 atom stereocenters. The minimum atomic E-state index is -0.287. The van der Waals surface area contributed by atoms with Crippen LogP contribution in [0.4, 0.5) is 5.69 Å². The Morgan fingerprint density at radius 3 is 2.26 bits per heavy atom. The van der Waals surface area contributed by atoms with E-state index in [4.69, 9.17) is 5.73 Å². The number of nitrogens with two attached hydrogens (primary N) is 1. The van der Waals surface area contributed by atoms with E-state index < -0.39 is 0 Å². The highest BCUT2D eigenvalue weighted by atomic mass is 16.2. The summed E-state index contributed by atoms with van der Waals surface area (Å²) in [5.41, 5.74) is 7.99. The number of rotatable bonds is 4. The van der Waals surface area contributed by atoms with Gasteiger partial charge in [0.05, 0.1) is 11.8 Å². The number of carbonyl (C=O) groups is 2. The maximum Gasteiger partial charge on any atom is 0.228 e. The monoisotopic (exact) mass is 312 g/mol. The molecule has 3 N–H and O–H groups in total. The van der Waals surface area contributed by atoms with Crippen LogP contribution in [0.5, 0.6) is 0 Å².